The van der Waals surface area contributed by atoms with Crippen molar-refractivity contribution in [3.63, 3.8) is 0 Å². The molecule has 0 saturated carbocycles. The van der Waals surface area contributed by atoms with Crippen LogP contribution in [0.2, 0.25) is 0 Å². The summed E-state index contributed by atoms with van der Waals surface area (Å²) in [6.45, 7) is 3.10. The monoisotopic (exact) mass is 291 g/mol. The summed E-state index contributed by atoms with van der Waals surface area (Å²) in [6.07, 6.45) is 1.14. The molecule has 2 rings (SSSR count). The van der Waals surface area contributed by atoms with Crippen molar-refractivity contribution in [1.82, 2.24) is 10.2 Å². The van der Waals surface area contributed by atoms with E-state index < -0.39 is 0 Å². The van der Waals surface area contributed by atoms with Crippen molar-refractivity contribution in [3.8, 4) is 5.75 Å². The van der Waals surface area contributed by atoms with Crippen LogP contribution in [0, 0.1) is 0 Å². The first-order valence-corrected chi connectivity index (χ1v) is 7.08. The number of hydrogen-bond acceptors (Lipinski definition) is 4. The molecule has 114 valence electrons. The van der Waals surface area contributed by atoms with Gasteiger partial charge in [-0.25, -0.2) is 0 Å². The summed E-state index contributed by atoms with van der Waals surface area (Å²) >= 11 is 0. The normalized spacial score (nSPS) is 17.6. The standard InChI is InChI=1S/C15H21N3O3/c1-11(19)17-13-6-8-18(10-13)15(20)7-9-21-14-4-2-12(16)3-5-14/h2-5,13H,6-10,16H2,1H3,(H,17,19). The van der Waals surface area contributed by atoms with Crippen molar-refractivity contribution in [3.05, 3.63) is 24.3 Å². The molecule has 0 bridgehead atoms. The minimum absolute atomic E-state index is 0.0540. The Hall–Kier alpha value is -2.24. The molecule has 0 spiro atoms. The van der Waals surface area contributed by atoms with E-state index in [0.29, 0.717) is 37.6 Å². The van der Waals surface area contributed by atoms with Gasteiger partial charge in [0, 0.05) is 31.7 Å². The van der Waals surface area contributed by atoms with E-state index in [1.54, 1.807) is 29.2 Å². The Bertz CT molecular complexity index is 501. The smallest absolute Gasteiger partial charge is 0.226 e. The Kier molecular flexibility index (Phi) is 5.03. The number of ether oxygens (including phenoxy) is 1. The quantitative estimate of drug-likeness (QED) is 0.785. The minimum atomic E-state index is -0.0546. The predicted molar refractivity (Wildman–Crippen MR) is 79.8 cm³/mol. The predicted octanol–water partition coefficient (Wildman–Crippen LogP) is 0.775. The molecule has 1 fully saturated rings. The van der Waals surface area contributed by atoms with Crippen LogP contribution in [0.3, 0.4) is 0 Å². The Labute approximate surface area is 124 Å². The minimum Gasteiger partial charge on any atom is -0.493 e. The third-order valence-corrected chi connectivity index (χ3v) is 3.41. The highest BCUT2D eigenvalue weighted by atomic mass is 16.5. The number of rotatable bonds is 5. The summed E-state index contributed by atoms with van der Waals surface area (Å²) in [7, 11) is 0. The lowest BCUT2D eigenvalue weighted by Gasteiger charge is -2.17. The molecule has 1 atom stereocenters. The molecule has 0 aromatic heterocycles. The Balaban J connectivity index is 1.70. The van der Waals surface area contributed by atoms with Crippen LogP contribution in [0.15, 0.2) is 24.3 Å². The van der Waals surface area contributed by atoms with E-state index in [2.05, 4.69) is 5.32 Å². The maximum Gasteiger partial charge on any atom is 0.226 e. The third-order valence-electron chi connectivity index (χ3n) is 3.41. The number of carbonyl (C=O) groups is 2. The van der Waals surface area contributed by atoms with Crippen LogP contribution in [-0.2, 0) is 9.59 Å². The van der Waals surface area contributed by atoms with Crippen molar-refractivity contribution in [1.29, 1.82) is 0 Å². The van der Waals surface area contributed by atoms with Gasteiger partial charge in [0.05, 0.1) is 13.0 Å². The molecule has 2 amide bonds. The maximum atomic E-state index is 12.0. The van der Waals surface area contributed by atoms with Gasteiger partial charge in [-0.2, -0.15) is 0 Å². The van der Waals surface area contributed by atoms with Crippen LogP contribution in [0.4, 0.5) is 5.69 Å². The number of anilines is 1. The van der Waals surface area contributed by atoms with Gasteiger partial charge in [0.15, 0.2) is 0 Å². The van der Waals surface area contributed by atoms with Crippen LogP contribution in [-0.4, -0.2) is 42.5 Å². The summed E-state index contributed by atoms with van der Waals surface area (Å²) in [5.41, 5.74) is 6.27. The molecule has 1 aromatic carbocycles. The average Bonchev–Trinajstić information content (AvgIpc) is 2.88. The zero-order valence-electron chi connectivity index (χ0n) is 12.2. The lowest BCUT2D eigenvalue weighted by molar-refractivity contribution is -0.131. The SMILES string of the molecule is CC(=O)NC1CCN(C(=O)CCOc2ccc(N)cc2)C1. The van der Waals surface area contributed by atoms with Crippen molar-refractivity contribution < 1.29 is 14.3 Å². The largest absolute Gasteiger partial charge is 0.493 e. The number of benzene rings is 1. The van der Waals surface area contributed by atoms with Gasteiger partial charge in [-0.05, 0) is 30.7 Å². The van der Waals surface area contributed by atoms with E-state index in [0.717, 1.165) is 6.42 Å². The van der Waals surface area contributed by atoms with Crippen molar-refractivity contribution in [2.24, 2.45) is 0 Å². The highest BCUT2D eigenvalue weighted by Crippen LogP contribution is 2.14. The van der Waals surface area contributed by atoms with E-state index in [-0.39, 0.29) is 17.9 Å². The first-order chi connectivity index (χ1) is 10.0. The van der Waals surface area contributed by atoms with Gasteiger partial charge in [-0.1, -0.05) is 0 Å². The first-order valence-electron chi connectivity index (χ1n) is 7.08. The van der Waals surface area contributed by atoms with Crippen molar-refractivity contribution in [2.75, 3.05) is 25.4 Å². The molecule has 3 N–H and O–H groups in total. The number of hydrogen-bond donors (Lipinski definition) is 2. The number of nitrogens with one attached hydrogen (secondary N) is 1. The third kappa shape index (κ3) is 4.66. The summed E-state index contributed by atoms with van der Waals surface area (Å²) in [4.78, 5) is 24.8. The summed E-state index contributed by atoms with van der Waals surface area (Å²) in [5.74, 6) is 0.703. The molecule has 1 aromatic rings. The van der Waals surface area contributed by atoms with Gasteiger partial charge < -0.3 is 20.7 Å². The molecule has 6 heteroatoms. The second kappa shape index (κ2) is 6.97. The van der Waals surface area contributed by atoms with E-state index in [1.807, 2.05) is 0 Å². The van der Waals surface area contributed by atoms with Gasteiger partial charge in [0.25, 0.3) is 0 Å². The molecule has 1 saturated heterocycles. The topological polar surface area (TPSA) is 84.7 Å². The molecular weight excluding hydrogens is 270 g/mol. The number of likely N-dealkylation sites (tertiary alicyclic amines) is 1. The molecular formula is C15H21N3O3. The summed E-state index contributed by atoms with van der Waals surface area (Å²) in [5, 5.41) is 2.84. The Morgan fingerprint density at radius 1 is 1.38 bits per heavy atom. The lowest BCUT2D eigenvalue weighted by atomic mass is 10.2. The zero-order valence-corrected chi connectivity index (χ0v) is 12.2. The van der Waals surface area contributed by atoms with Gasteiger partial charge >= 0.3 is 0 Å². The van der Waals surface area contributed by atoms with Gasteiger partial charge in [0.2, 0.25) is 11.8 Å². The van der Waals surface area contributed by atoms with Crippen LogP contribution in [0.25, 0.3) is 0 Å². The fourth-order valence-corrected chi connectivity index (χ4v) is 2.37. The van der Waals surface area contributed by atoms with Crippen LogP contribution >= 0.6 is 0 Å². The molecule has 6 nitrogen and oxygen atoms in total. The second-order valence-electron chi connectivity index (χ2n) is 5.19. The summed E-state index contributed by atoms with van der Waals surface area (Å²) < 4.78 is 5.51. The van der Waals surface area contributed by atoms with Crippen molar-refractivity contribution >= 4 is 17.5 Å². The highest BCUT2D eigenvalue weighted by Gasteiger charge is 2.26. The molecule has 21 heavy (non-hydrogen) atoms. The number of carbonyl (C=O) groups excluding carboxylic acids is 2. The fourth-order valence-electron chi connectivity index (χ4n) is 2.37. The van der Waals surface area contributed by atoms with Crippen molar-refractivity contribution in [2.45, 2.75) is 25.8 Å². The van der Waals surface area contributed by atoms with Crippen LogP contribution < -0.4 is 15.8 Å². The van der Waals surface area contributed by atoms with E-state index in [9.17, 15) is 9.59 Å². The molecule has 0 aliphatic carbocycles. The lowest BCUT2D eigenvalue weighted by Crippen LogP contribution is -2.37. The Morgan fingerprint density at radius 3 is 2.76 bits per heavy atom. The fraction of sp³-hybridized carbons (Fsp3) is 0.467. The number of nitrogens with zero attached hydrogens (tertiary/aromatic N) is 1. The van der Waals surface area contributed by atoms with E-state index in [1.165, 1.54) is 6.92 Å². The number of nitrogen functional groups attached to an aromatic ring is 1. The van der Waals surface area contributed by atoms with Gasteiger partial charge in [-0.3, -0.25) is 9.59 Å². The Morgan fingerprint density at radius 2 is 2.10 bits per heavy atom. The molecule has 1 aliphatic heterocycles. The van der Waals surface area contributed by atoms with Gasteiger partial charge in [0.1, 0.15) is 5.75 Å². The molecule has 1 heterocycles. The van der Waals surface area contributed by atoms with Crippen LogP contribution in [0.1, 0.15) is 19.8 Å². The highest BCUT2D eigenvalue weighted by molar-refractivity contribution is 5.77. The first kappa shape index (κ1) is 15.2. The van der Waals surface area contributed by atoms with Crippen LogP contribution in [0.5, 0.6) is 5.75 Å². The molecule has 0 radical (unpaired) electrons. The van der Waals surface area contributed by atoms with Gasteiger partial charge in [-0.15, -0.1) is 0 Å². The van der Waals surface area contributed by atoms with E-state index >= 15 is 0 Å². The number of nitrogens with two attached hydrogens (primary N) is 1. The zero-order chi connectivity index (χ0) is 15.2. The molecule has 1 unspecified atom stereocenters. The number of amides is 2. The summed E-state index contributed by atoms with van der Waals surface area (Å²) in [6, 6.07) is 7.15. The van der Waals surface area contributed by atoms with E-state index in [4.69, 9.17) is 10.5 Å². The maximum absolute atomic E-state index is 12.0. The average molecular weight is 291 g/mol. The molecule has 1 aliphatic rings. The second-order valence-corrected chi connectivity index (χ2v) is 5.19.